The van der Waals surface area contributed by atoms with Crippen molar-refractivity contribution in [1.29, 1.82) is 0 Å². The molecular weight excluding hydrogens is 364 g/mol. The highest BCUT2D eigenvalue weighted by Crippen LogP contribution is 2.67. The topological polar surface area (TPSA) is 20.2 Å². The first-order valence-corrected chi connectivity index (χ1v) is 13.6. The molecule has 0 amide bonds. The Kier molecular flexibility index (Phi) is 7.85. The molecule has 0 spiro atoms. The average molecular weight is 417 g/mol. The zero-order valence-corrected chi connectivity index (χ0v) is 21.3. The zero-order chi connectivity index (χ0) is 22.1. The van der Waals surface area contributed by atoms with Crippen LogP contribution in [0, 0.1) is 46.3 Å². The summed E-state index contributed by atoms with van der Waals surface area (Å²) in [5.74, 6) is 5.46. The standard InChI is InChI=1S/C27H46O.C2H6/c1-18(2)7-6-8-19(3)23-11-12-24-22-10-9-20-17-21(28)13-15-26(20,4)25(22)14-16-27(23,24)5;1-2/h9,18-19,21-25,28H,6-8,10-17H2,1-5H3;1-2H3. The van der Waals surface area contributed by atoms with E-state index in [9.17, 15) is 5.11 Å². The highest BCUT2D eigenvalue weighted by Gasteiger charge is 2.59. The van der Waals surface area contributed by atoms with E-state index in [2.05, 4.69) is 40.7 Å². The van der Waals surface area contributed by atoms with Crippen LogP contribution in [0.4, 0.5) is 0 Å². The van der Waals surface area contributed by atoms with Crippen LogP contribution in [-0.4, -0.2) is 11.2 Å². The van der Waals surface area contributed by atoms with Crippen LogP contribution in [-0.2, 0) is 0 Å². The van der Waals surface area contributed by atoms with Crippen LogP contribution in [0.2, 0.25) is 0 Å². The van der Waals surface area contributed by atoms with E-state index in [0.717, 1.165) is 48.3 Å². The average Bonchev–Trinajstić information content (AvgIpc) is 3.07. The molecule has 0 radical (unpaired) electrons. The fourth-order valence-electron chi connectivity index (χ4n) is 8.67. The Bertz CT molecular complexity index is 591. The van der Waals surface area contributed by atoms with E-state index in [1.54, 1.807) is 5.57 Å². The molecule has 4 aliphatic carbocycles. The molecule has 0 bridgehead atoms. The van der Waals surface area contributed by atoms with Gasteiger partial charge in [0.1, 0.15) is 0 Å². The van der Waals surface area contributed by atoms with Gasteiger partial charge >= 0.3 is 0 Å². The number of hydrogen-bond donors (Lipinski definition) is 1. The lowest BCUT2D eigenvalue weighted by molar-refractivity contribution is -0.0573. The summed E-state index contributed by atoms with van der Waals surface area (Å²) >= 11 is 0. The van der Waals surface area contributed by atoms with Crippen molar-refractivity contribution in [3.8, 4) is 0 Å². The second kappa shape index (κ2) is 9.68. The van der Waals surface area contributed by atoms with Gasteiger partial charge in [0.25, 0.3) is 0 Å². The van der Waals surface area contributed by atoms with E-state index in [-0.39, 0.29) is 6.10 Å². The van der Waals surface area contributed by atoms with Gasteiger partial charge < -0.3 is 5.11 Å². The maximum absolute atomic E-state index is 10.2. The Morgan fingerprint density at radius 3 is 2.40 bits per heavy atom. The summed E-state index contributed by atoms with van der Waals surface area (Å²) < 4.78 is 0. The van der Waals surface area contributed by atoms with Gasteiger partial charge in [0.15, 0.2) is 0 Å². The molecule has 3 fully saturated rings. The van der Waals surface area contributed by atoms with E-state index in [1.807, 2.05) is 13.8 Å². The minimum absolute atomic E-state index is 0.0766. The Morgan fingerprint density at radius 2 is 1.70 bits per heavy atom. The normalized spacial score (nSPS) is 43.6. The first-order chi connectivity index (χ1) is 14.3. The van der Waals surface area contributed by atoms with E-state index < -0.39 is 0 Å². The quantitative estimate of drug-likeness (QED) is 0.446. The summed E-state index contributed by atoms with van der Waals surface area (Å²) in [7, 11) is 0. The zero-order valence-electron chi connectivity index (χ0n) is 21.3. The molecule has 1 N–H and O–H groups in total. The maximum Gasteiger partial charge on any atom is 0.0577 e. The third-order valence-electron chi connectivity index (χ3n) is 10.3. The summed E-state index contributed by atoms with van der Waals surface area (Å²) in [4.78, 5) is 0. The van der Waals surface area contributed by atoms with Crippen molar-refractivity contribution in [2.75, 3.05) is 0 Å². The summed E-state index contributed by atoms with van der Waals surface area (Å²) in [6, 6.07) is 0. The fourth-order valence-corrected chi connectivity index (χ4v) is 8.67. The molecule has 0 aromatic heterocycles. The maximum atomic E-state index is 10.2. The van der Waals surface area contributed by atoms with Crippen LogP contribution >= 0.6 is 0 Å². The van der Waals surface area contributed by atoms with Crippen LogP contribution in [0.5, 0.6) is 0 Å². The Hall–Kier alpha value is -0.300. The number of aliphatic hydroxyl groups is 1. The lowest BCUT2D eigenvalue weighted by atomic mass is 9.47. The fraction of sp³-hybridized carbons (Fsp3) is 0.931. The minimum Gasteiger partial charge on any atom is -0.393 e. The van der Waals surface area contributed by atoms with Gasteiger partial charge in [-0.1, -0.05) is 79.4 Å². The van der Waals surface area contributed by atoms with Crippen LogP contribution in [0.15, 0.2) is 11.6 Å². The number of allylic oxidation sites excluding steroid dienone is 1. The van der Waals surface area contributed by atoms with Gasteiger partial charge in [0, 0.05) is 0 Å². The van der Waals surface area contributed by atoms with Crippen molar-refractivity contribution >= 4 is 0 Å². The van der Waals surface area contributed by atoms with Gasteiger partial charge in [-0.2, -0.15) is 0 Å². The molecule has 0 heterocycles. The molecule has 30 heavy (non-hydrogen) atoms. The molecule has 0 aliphatic heterocycles. The first-order valence-electron chi connectivity index (χ1n) is 13.6. The number of hydrogen-bond acceptors (Lipinski definition) is 1. The highest BCUT2D eigenvalue weighted by molar-refractivity contribution is 5.25. The number of rotatable bonds is 5. The molecule has 8 atom stereocenters. The van der Waals surface area contributed by atoms with Crippen molar-refractivity contribution in [1.82, 2.24) is 0 Å². The predicted molar refractivity (Wildman–Crippen MR) is 130 cm³/mol. The van der Waals surface area contributed by atoms with Crippen molar-refractivity contribution in [3.05, 3.63) is 11.6 Å². The molecular formula is C29H52O. The van der Waals surface area contributed by atoms with Gasteiger partial charge in [0.05, 0.1) is 6.10 Å². The molecule has 1 nitrogen and oxygen atoms in total. The molecule has 0 aromatic carbocycles. The second-order valence-electron chi connectivity index (χ2n) is 12.2. The van der Waals surface area contributed by atoms with Crippen molar-refractivity contribution in [2.24, 2.45) is 46.3 Å². The molecule has 1 heteroatoms. The van der Waals surface area contributed by atoms with Crippen LogP contribution in [0.25, 0.3) is 0 Å². The number of aliphatic hydroxyl groups excluding tert-OH is 1. The Morgan fingerprint density at radius 1 is 0.967 bits per heavy atom. The van der Waals surface area contributed by atoms with Gasteiger partial charge in [-0.05, 0) is 97.7 Å². The third kappa shape index (κ3) is 4.31. The lowest BCUT2D eigenvalue weighted by Crippen LogP contribution is -2.50. The summed E-state index contributed by atoms with van der Waals surface area (Å²) in [6.07, 6.45) is 17.2. The van der Waals surface area contributed by atoms with Crippen LogP contribution < -0.4 is 0 Å². The van der Waals surface area contributed by atoms with E-state index in [0.29, 0.717) is 10.8 Å². The van der Waals surface area contributed by atoms with Gasteiger partial charge in [0.2, 0.25) is 0 Å². The van der Waals surface area contributed by atoms with Gasteiger partial charge in [-0.15, -0.1) is 0 Å². The van der Waals surface area contributed by atoms with Crippen molar-refractivity contribution in [3.63, 3.8) is 0 Å². The van der Waals surface area contributed by atoms with E-state index in [4.69, 9.17) is 0 Å². The molecule has 3 saturated carbocycles. The summed E-state index contributed by atoms with van der Waals surface area (Å²) in [6.45, 7) is 16.6. The first kappa shape index (κ1) is 24.3. The van der Waals surface area contributed by atoms with Crippen LogP contribution in [0.1, 0.15) is 119 Å². The molecule has 0 saturated heterocycles. The van der Waals surface area contributed by atoms with Crippen LogP contribution in [0.3, 0.4) is 0 Å². The second-order valence-corrected chi connectivity index (χ2v) is 12.2. The van der Waals surface area contributed by atoms with Gasteiger partial charge in [-0.3, -0.25) is 0 Å². The lowest BCUT2D eigenvalue weighted by Gasteiger charge is -2.58. The van der Waals surface area contributed by atoms with E-state index >= 15 is 0 Å². The third-order valence-corrected chi connectivity index (χ3v) is 10.3. The van der Waals surface area contributed by atoms with E-state index in [1.165, 1.54) is 57.8 Å². The van der Waals surface area contributed by atoms with Gasteiger partial charge in [-0.25, -0.2) is 0 Å². The smallest absolute Gasteiger partial charge is 0.0577 e. The minimum atomic E-state index is -0.0766. The summed E-state index contributed by atoms with van der Waals surface area (Å²) in [5.41, 5.74) is 2.60. The van der Waals surface area contributed by atoms with Crippen molar-refractivity contribution in [2.45, 2.75) is 125 Å². The molecule has 8 unspecified atom stereocenters. The highest BCUT2D eigenvalue weighted by atomic mass is 16.3. The predicted octanol–water partition coefficient (Wildman–Crippen LogP) is 8.41. The summed E-state index contributed by atoms with van der Waals surface area (Å²) in [5, 5.41) is 10.2. The number of fused-ring (bicyclic) bond motifs is 5. The Balaban J connectivity index is 0.00000124. The Labute approximate surface area is 188 Å². The largest absolute Gasteiger partial charge is 0.393 e. The molecule has 0 aromatic rings. The SMILES string of the molecule is CC.CC(C)CCCC(C)C1CCC2C3CC=C4CC(O)CCC4(C)C3CCC12C. The van der Waals surface area contributed by atoms with Crippen molar-refractivity contribution < 1.29 is 5.11 Å². The molecule has 174 valence electrons. The molecule has 4 aliphatic rings. The monoisotopic (exact) mass is 416 g/mol. The molecule has 4 rings (SSSR count).